The number of H-pyrrole nitrogens is 1. The van der Waals surface area contributed by atoms with E-state index in [2.05, 4.69) is 4.98 Å². The number of aromatic amines is 1. The van der Waals surface area contributed by atoms with Crippen molar-refractivity contribution in [3.05, 3.63) is 46.2 Å². The quantitative estimate of drug-likeness (QED) is 0.763. The van der Waals surface area contributed by atoms with Gasteiger partial charge in [-0.25, -0.2) is 13.2 Å². The second kappa shape index (κ2) is 3.79. The number of nitrogens with one attached hydrogen (secondary N) is 1. The van der Waals surface area contributed by atoms with Crippen molar-refractivity contribution in [3.8, 4) is 5.69 Å². The van der Waals surface area contributed by atoms with Crippen LogP contribution in [0.25, 0.3) is 5.69 Å². The molecule has 6 heteroatoms. The molecule has 1 heterocycles. The Bertz CT molecular complexity index is 577. The minimum absolute atomic E-state index is 0.155. The number of nitrogens with zero attached hydrogens (tertiary/aromatic N) is 1. The standard InChI is InChI=1S/C10H7F3N2S/c1-5-4-15(10(16)14-5)9-7(12)2-6(11)3-8(9)13/h2-4H,1H3,(H,14,16). The van der Waals surface area contributed by atoms with Gasteiger partial charge in [0.2, 0.25) is 0 Å². The maximum absolute atomic E-state index is 13.4. The molecule has 1 aromatic heterocycles. The van der Waals surface area contributed by atoms with Crippen LogP contribution in [0.1, 0.15) is 5.69 Å². The van der Waals surface area contributed by atoms with E-state index in [1.165, 1.54) is 6.20 Å². The highest BCUT2D eigenvalue weighted by Gasteiger charge is 2.14. The zero-order valence-electron chi connectivity index (χ0n) is 8.22. The number of imidazole rings is 1. The lowest BCUT2D eigenvalue weighted by Crippen LogP contribution is -2.01. The Kier molecular flexibility index (Phi) is 2.59. The lowest BCUT2D eigenvalue weighted by molar-refractivity contribution is 0.533. The van der Waals surface area contributed by atoms with Gasteiger partial charge < -0.3 is 4.98 Å². The minimum Gasteiger partial charge on any atom is -0.335 e. The zero-order chi connectivity index (χ0) is 11.9. The molecule has 0 aliphatic carbocycles. The van der Waals surface area contributed by atoms with E-state index in [4.69, 9.17) is 12.2 Å². The van der Waals surface area contributed by atoms with Gasteiger partial charge in [0.1, 0.15) is 11.5 Å². The fraction of sp³-hybridized carbons (Fsp3) is 0.100. The van der Waals surface area contributed by atoms with Crippen LogP contribution in [0, 0.1) is 29.1 Å². The number of hydrogen-bond acceptors (Lipinski definition) is 1. The van der Waals surface area contributed by atoms with Gasteiger partial charge in [-0.2, -0.15) is 0 Å². The molecule has 0 aliphatic heterocycles. The number of aromatic nitrogens is 2. The molecule has 0 unspecified atom stereocenters. The largest absolute Gasteiger partial charge is 0.335 e. The van der Waals surface area contributed by atoms with Gasteiger partial charge in [0.05, 0.1) is 0 Å². The molecule has 2 rings (SSSR count). The van der Waals surface area contributed by atoms with Crippen LogP contribution in [0.5, 0.6) is 0 Å². The summed E-state index contributed by atoms with van der Waals surface area (Å²) in [6.45, 7) is 1.70. The highest BCUT2D eigenvalue weighted by Crippen LogP contribution is 2.20. The van der Waals surface area contributed by atoms with Crippen molar-refractivity contribution in [2.24, 2.45) is 0 Å². The van der Waals surface area contributed by atoms with Gasteiger partial charge in [-0.3, -0.25) is 4.57 Å². The Labute approximate surface area is 94.3 Å². The van der Waals surface area contributed by atoms with Crippen molar-refractivity contribution < 1.29 is 13.2 Å². The summed E-state index contributed by atoms with van der Waals surface area (Å²) in [5.74, 6) is -2.95. The SMILES string of the molecule is Cc1cn(-c2c(F)cc(F)cc2F)c(=S)[nH]1. The van der Waals surface area contributed by atoms with E-state index in [1.807, 2.05) is 0 Å². The van der Waals surface area contributed by atoms with Gasteiger partial charge in [0.25, 0.3) is 0 Å². The summed E-state index contributed by atoms with van der Waals surface area (Å²) in [7, 11) is 0. The van der Waals surface area contributed by atoms with Crippen LogP contribution < -0.4 is 0 Å². The van der Waals surface area contributed by atoms with Crippen molar-refractivity contribution in [1.82, 2.24) is 9.55 Å². The summed E-state index contributed by atoms with van der Waals surface area (Å²) in [5, 5.41) is 0. The van der Waals surface area contributed by atoms with Gasteiger partial charge >= 0.3 is 0 Å². The minimum atomic E-state index is -0.993. The lowest BCUT2D eigenvalue weighted by Gasteiger charge is -2.05. The van der Waals surface area contributed by atoms with Crippen LogP contribution in [0.15, 0.2) is 18.3 Å². The third-order valence-electron chi connectivity index (χ3n) is 2.07. The Morgan fingerprint density at radius 1 is 1.19 bits per heavy atom. The molecule has 0 atom stereocenters. The van der Waals surface area contributed by atoms with E-state index in [0.717, 1.165) is 4.57 Å². The molecule has 0 saturated carbocycles. The number of halogens is 3. The summed E-state index contributed by atoms with van der Waals surface area (Å²) in [6.07, 6.45) is 1.45. The van der Waals surface area contributed by atoms with Crippen molar-refractivity contribution in [2.75, 3.05) is 0 Å². The highest BCUT2D eigenvalue weighted by molar-refractivity contribution is 7.71. The topological polar surface area (TPSA) is 20.7 Å². The van der Waals surface area contributed by atoms with E-state index in [9.17, 15) is 13.2 Å². The van der Waals surface area contributed by atoms with Gasteiger partial charge in [-0.15, -0.1) is 0 Å². The molecule has 0 bridgehead atoms. The summed E-state index contributed by atoms with van der Waals surface area (Å²) in [6, 6.07) is 1.23. The first kappa shape index (κ1) is 10.9. The molecule has 2 nitrogen and oxygen atoms in total. The van der Waals surface area contributed by atoms with Crippen molar-refractivity contribution in [2.45, 2.75) is 6.92 Å². The predicted molar refractivity (Wildman–Crippen MR) is 55.6 cm³/mol. The van der Waals surface area contributed by atoms with Crippen LogP contribution in [-0.4, -0.2) is 9.55 Å². The molecule has 0 amide bonds. The summed E-state index contributed by atoms with van der Waals surface area (Å²) >= 11 is 4.89. The smallest absolute Gasteiger partial charge is 0.182 e. The van der Waals surface area contributed by atoms with Crippen LogP contribution in [0.2, 0.25) is 0 Å². The molecule has 0 radical (unpaired) electrons. The lowest BCUT2D eigenvalue weighted by atomic mass is 10.3. The molecule has 0 saturated heterocycles. The molecular formula is C10H7F3N2S. The molecule has 16 heavy (non-hydrogen) atoms. The van der Waals surface area contributed by atoms with E-state index >= 15 is 0 Å². The molecule has 0 aliphatic rings. The summed E-state index contributed by atoms with van der Waals surface area (Å²) < 4.78 is 40.8. The summed E-state index contributed by atoms with van der Waals surface area (Å²) in [5.41, 5.74) is 0.281. The van der Waals surface area contributed by atoms with Gasteiger partial charge in [0.15, 0.2) is 16.4 Å². The fourth-order valence-electron chi connectivity index (χ4n) is 1.44. The van der Waals surface area contributed by atoms with Crippen molar-refractivity contribution in [3.63, 3.8) is 0 Å². The van der Waals surface area contributed by atoms with Crippen molar-refractivity contribution in [1.29, 1.82) is 0 Å². The maximum Gasteiger partial charge on any atom is 0.182 e. The average molecular weight is 244 g/mol. The fourth-order valence-corrected chi connectivity index (χ4v) is 1.75. The molecule has 0 fully saturated rings. The Morgan fingerprint density at radius 3 is 2.19 bits per heavy atom. The van der Waals surface area contributed by atoms with Crippen LogP contribution >= 0.6 is 12.2 Å². The molecule has 2 aromatic rings. The monoisotopic (exact) mass is 244 g/mol. The normalized spacial score (nSPS) is 10.8. The number of benzene rings is 1. The van der Waals surface area contributed by atoms with E-state index in [0.29, 0.717) is 17.8 Å². The number of rotatable bonds is 1. The van der Waals surface area contributed by atoms with Crippen LogP contribution in [0.3, 0.4) is 0 Å². The molecule has 1 aromatic carbocycles. The molecule has 84 valence electrons. The average Bonchev–Trinajstić information content (AvgIpc) is 2.43. The maximum atomic E-state index is 13.4. The van der Waals surface area contributed by atoms with Gasteiger partial charge in [-0.05, 0) is 19.1 Å². The van der Waals surface area contributed by atoms with E-state index in [-0.39, 0.29) is 10.5 Å². The zero-order valence-corrected chi connectivity index (χ0v) is 9.04. The molecule has 1 N–H and O–H groups in total. The molecular weight excluding hydrogens is 237 g/mol. The van der Waals surface area contributed by atoms with E-state index in [1.54, 1.807) is 6.92 Å². The second-order valence-corrected chi connectivity index (χ2v) is 3.72. The number of hydrogen-bond donors (Lipinski definition) is 1. The highest BCUT2D eigenvalue weighted by atomic mass is 32.1. The Balaban J connectivity index is 2.74. The number of aryl methyl sites for hydroxylation is 1. The third kappa shape index (κ3) is 1.76. The first-order valence-electron chi connectivity index (χ1n) is 4.42. The van der Waals surface area contributed by atoms with Gasteiger partial charge in [-0.1, -0.05) is 0 Å². The Hall–Kier alpha value is -1.56. The van der Waals surface area contributed by atoms with E-state index < -0.39 is 17.5 Å². The first-order valence-corrected chi connectivity index (χ1v) is 4.83. The second-order valence-electron chi connectivity index (χ2n) is 3.33. The first-order chi connectivity index (χ1) is 7.49. The Morgan fingerprint density at radius 2 is 1.75 bits per heavy atom. The van der Waals surface area contributed by atoms with Crippen molar-refractivity contribution >= 4 is 12.2 Å². The van der Waals surface area contributed by atoms with Crippen LogP contribution in [-0.2, 0) is 0 Å². The summed E-state index contributed by atoms with van der Waals surface area (Å²) in [4.78, 5) is 2.73. The van der Waals surface area contributed by atoms with Crippen LogP contribution in [0.4, 0.5) is 13.2 Å². The predicted octanol–water partition coefficient (Wildman–Crippen LogP) is 3.26. The molecule has 0 spiro atoms. The van der Waals surface area contributed by atoms with Gasteiger partial charge in [0, 0.05) is 24.0 Å². The third-order valence-corrected chi connectivity index (χ3v) is 2.37.